The van der Waals surface area contributed by atoms with E-state index in [0.29, 0.717) is 25.4 Å². The van der Waals surface area contributed by atoms with E-state index in [2.05, 4.69) is 60.7 Å². The molecule has 2 rings (SSSR count). The number of methoxy groups -OCH3 is 1. The second kappa shape index (κ2) is 10.6. The van der Waals surface area contributed by atoms with Crippen LogP contribution in [-0.4, -0.2) is 28.6 Å². The number of hydrogen-bond acceptors (Lipinski definition) is 3. The molecule has 0 amide bonds. The molecule has 0 spiro atoms. The zero-order valence-corrected chi connectivity index (χ0v) is 22.3. The Balaban J connectivity index is 2.52. The maximum absolute atomic E-state index is 14.8. The van der Waals surface area contributed by atoms with Crippen LogP contribution in [0.15, 0.2) is 42.5 Å². The highest BCUT2D eigenvalue weighted by atomic mass is 28.4. The van der Waals surface area contributed by atoms with Crippen LogP contribution in [0.3, 0.4) is 0 Å². The third kappa shape index (κ3) is 6.74. The molecule has 0 saturated heterocycles. The molecule has 0 unspecified atom stereocenters. The Hall–Kier alpha value is -1.53. The maximum Gasteiger partial charge on any atom is 0.192 e. The summed E-state index contributed by atoms with van der Waals surface area (Å²) in [6, 6.07) is 13.1. The average Bonchev–Trinajstić information content (AvgIpc) is 2.68. The standard InChI is InChI=1S/C27H41FO3Si/c1-26(2,3)25(30-17-16-29-7)23-18-20(19-31-32(8,9)27(4,5)6)14-15-21(23)22-12-10-11-13-24(22)28/h10-15,18,25H,16-17,19H2,1-9H3/t25-/m0/s1. The molecule has 2 aromatic rings. The Bertz CT molecular complexity index is 881. The Morgan fingerprint density at radius 2 is 1.56 bits per heavy atom. The molecule has 0 aromatic heterocycles. The van der Waals surface area contributed by atoms with Gasteiger partial charge in [-0.15, -0.1) is 0 Å². The maximum atomic E-state index is 14.8. The second-order valence-corrected chi connectivity index (χ2v) is 15.9. The van der Waals surface area contributed by atoms with Crippen molar-refractivity contribution in [2.24, 2.45) is 5.41 Å². The summed E-state index contributed by atoms with van der Waals surface area (Å²) in [4.78, 5) is 0. The van der Waals surface area contributed by atoms with E-state index in [1.165, 1.54) is 6.07 Å². The van der Waals surface area contributed by atoms with Gasteiger partial charge in [-0.25, -0.2) is 4.39 Å². The molecule has 0 aliphatic heterocycles. The van der Waals surface area contributed by atoms with Gasteiger partial charge in [-0.3, -0.25) is 0 Å². The van der Waals surface area contributed by atoms with Gasteiger partial charge >= 0.3 is 0 Å². The van der Waals surface area contributed by atoms with E-state index in [-0.39, 0.29) is 22.4 Å². The highest BCUT2D eigenvalue weighted by Gasteiger charge is 2.37. The minimum Gasteiger partial charge on any atom is -0.413 e. The zero-order chi connectivity index (χ0) is 24.2. The van der Waals surface area contributed by atoms with Crippen molar-refractivity contribution in [1.29, 1.82) is 0 Å². The predicted octanol–water partition coefficient (Wildman–Crippen LogP) is 7.76. The van der Waals surface area contributed by atoms with Crippen LogP contribution in [0.1, 0.15) is 58.8 Å². The number of halogens is 1. The van der Waals surface area contributed by atoms with Crippen LogP contribution in [-0.2, 0) is 20.5 Å². The van der Waals surface area contributed by atoms with Gasteiger partial charge in [0.2, 0.25) is 0 Å². The third-order valence-electron chi connectivity index (χ3n) is 6.33. The summed E-state index contributed by atoms with van der Waals surface area (Å²) in [6.45, 7) is 19.2. The Morgan fingerprint density at radius 1 is 0.906 bits per heavy atom. The van der Waals surface area contributed by atoms with Gasteiger partial charge in [-0.2, -0.15) is 0 Å². The van der Waals surface area contributed by atoms with E-state index in [1.807, 2.05) is 24.3 Å². The molecule has 2 aromatic carbocycles. The van der Waals surface area contributed by atoms with Crippen LogP contribution in [0.25, 0.3) is 11.1 Å². The zero-order valence-electron chi connectivity index (χ0n) is 21.3. The fourth-order valence-corrected chi connectivity index (χ4v) is 4.34. The minimum absolute atomic E-state index is 0.139. The molecule has 0 radical (unpaired) electrons. The first-order valence-electron chi connectivity index (χ1n) is 11.4. The van der Waals surface area contributed by atoms with Crippen LogP contribution >= 0.6 is 0 Å². The lowest BCUT2D eigenvalue weighted by molar-refractivity contribution is -0.0390. The molecule has 0 bridgehead atoms. The quantitative estimate of drug-likeness (QED) is 0.283. The van der Waals surface area contributed by atoms with E-state index in [1.54, 1.807) is 13.2 Å². The smallest absolute Gasteiger partial charge is 0.192 e. The van der Waals surface area contributed by atoms with E-state index < -0.39 is 8.32 Å². The van der Waals surface area contributed by atoms with Crippen molar-refractivity contribution in [2.75, 3.05) is 20.3 Å². The van der Waals surface area contributed by atoms with Gasteiger partial charge in [-0.05, 0) is 46.3 Å². The van der Waals surface area contributed by atoms with Crippen LogP contribution < -0.4 is 0 Å². The fraction of sp³-hybridized carbons (Fsp3) is 0.556. The van der Waals surface area contributed by atoms with Crippen molar-refractivity contribution < 1.29 is 18.3 Å². The average molecular weight is 461 g/mol. The van der Waals surface area contributed by atoms with Crippen molar-refractivity contribution >= 4 is 8.32 Å². The van der Waals surface area contributed by atoms with E-state index in [9.17, 15) is 4.39 Å². The highest BCUT2D eigenvalue weighted by molar-refractivity contribution is 6.74. The number of benzene rings is 2. The summed E-state index contributed by atoms with van der Waals surface area (Å²) in [6.07, 6.45) is -0.222. The molecule has 5 heteroatoms. The molecular weight excluding hydrogens is 419 g/mol. The Kier molecular flexibility index (Phi) is 8.85. The number of ether oxygens (including phenoxy) is 2. The van der Waals surface area contributed by atoms with Gasteiger partial charge in [0.25, 0.3) is 0 Å². The van der Waals surface area contributed by atoms with Crippen molar-refractivity contribution in [3.8, 4) is 11.1 Å². The molecule has 0 aliphatic carbocycles. The molecule has 0 aliphatic rings. The predicted molar refractivity (Wildman–Crippen MR) is 134 cm³/mol. The van der Waals surface area contributed by atoms with E-state index in [0.717, 1.165) is 16.7 Å². The van der Waals surface area contributed by atoms with Crippen molar-refractivity contribution in [2.45, 2.75) is 72.4 Å². The molecule has 0 heterocycles. The van der Waals surface area contributed by atoms with Gasteiger partial charge in [0.1, 0.15) is 5.82 Å². The minimum atomic E-state index is -1.89. The highest BCUT2D eigenvalue weighted by Crippen LogP contribution is 2.42. The lowest BCUT2D eigenvalue weighted by Crippen LogP contribution is -2.40. The summed E-state index contributed by atoms with van der Waals surface area (Å²) in [5.74, 6) is -0.233. The summed E-state index contributed by atoms with van der Waals surface area (Å²) < 4.78 is 32.8. The molecule has 0 fully saturated rings. The molecule has 0 saturated carbocycles. The first kappa shape index (κ1) is 26.7. The van der Waals surface area contributed by atoms with E-state index >= 15 is 0 Å². The molecule has 178 valence electrons. The first-order valence-corrected chi connectivity index (χ1v) is 14.3. The lowest BCUT2D eigenvalue weighted by atomic mass is 9.81. The van der Waals surface area contributed by atoms with Crippen LogP contribution in [0, 0.1) is 11.2 Å². The number of rotatable bonds is 9. The van der Waals surface area contributed by atoms with Gasteiger partial charge in [-0.1, -0.05) is 77.9 Å². The van der Waals surface area contributed by atoms with Gasteiger partial charge in [0, 0.05) is 12.7 Å². The largest absolute Gasteiger partial charge is 0.413 e. The van der Waals surface area contributed by atoms with Crippen molar-refractivity contribution in [3.05, 3.63) is 59.4 Å². The number of hydrogen-bond donors (Lipinski definition) is 0. The van der Waals surface area contributed by atoms with Gasteiger partial charge < -0.3 is 13.9 Å². The van der Waals surface area contributed by atoms with Crippen LogP contribution in [0.2, 0.25) is 18.1 Å². The van der Waals surface area contributed by atoms with Crippen LogP contribution in [0.4, 0.5) is 4.39 Å². The monoisotopic (exact) mass is 460 g/mol. The molecule has 32 heavy (non-hydrogen) atoms. The second-order valence-electron chi connectivity index (χ2n) is 11.1. The third-order valence-corrected chi connectivity index (χ3v) is 10.8. The summed E-state index contributed by atoms with van der Waals surface area (Å²) >= 11 is 0. The molecule has 1 atom stereocenters. The van der Waals surface area contributed by atoms with E-state index in [4.69, 9.17) is 13.9 Å². The van der Waals surface area contributed by atoms with Crippen molar-refractivity contribution in [3.63, 3.8) is 0 Å². The molecule has 0 N–H and O–H groups in total. The van der Waals surface area contributed by atoms with Crippen LogP contribution in [0.5, 0.6) is 0 Å². The first-order chi connectivity index (χ1) is 14.8. The van der Waals surface area contributed by atoms with Crippen molar-refractivity contribution in [1.82, 2.24) is 0 Å². The lowest BCUT2D eigenvalue weighted by Gasteiger charge is -2.36. The normalized spacial score (nSPS) is 13.9. The summed E-state index contributed by atoms with van der Waals surface area (Å²) in [5, 5.41) is 0.139. The summed E-state index contributed by atoms with van der Waals surface area (Å²) in [7, 11) is -0.223. The van der Waals surface area contributed by atoms with Gasteiger partial charge in [0.05, 0.1) is 25.9 Å². The topological polar surface area (TPSA) is 27.7 Å². The Morgan fingerprint density at radius 3 is 2.12 bits per heavy atom. The SMILES string of the molecule is COCCO[C@@H](c1cc(CO[Si](C)(C)C(C)(C)C)ccc1-c1ccccc1F)C(C)(C)C. The van der Waals surface area contributed by atoms with Gasteiger partial charge in [0.15, 0.2) is 8.32 Å². The Labute approximate surface area is 195 Å². The fourth-order valence-electron chi connectivity index (χ4n) is 3.38. The molecule has 3 nitrogen and oxygen atoms in total. The molecular formula is C27H41FO3Si. The summed E-state index contributed by atoms with van der Waals surface area (Å²) in [5.41, 5.74) is 3.32.